The van der Waals surface area contributed by atoms with Gasteiger partial charge in [0, 0.05) is 22.3 Å². The van der Waals surface area contributed by atoms with Gasteiger partial charge >= 0.3 is 5.97 Å². The van der Waals surface area contributed by atoms with Gasteiger partial charge in [-0.2, -0.15) is 0 Å². The third-order valence-electron chi connectivity index (χ3n) is 2.45. The monoisotopic (exact) mass is 303 g/mol. The van der Waals surface area contributed by atoms with Gasteiger partial charge in [0.25, 0.3) is 5.91 Å². The van der Waals surface area contributed by atoms with E-state index < -0.39 is 5.97 Å². The Kier molecular flexibility index (Phi) is 4.44. The predicted octanol–water partition coefficient (Wildman–Crippen LogP) is 2.51. The first kappa shape index (κ1) is 14.9. The Morgan fingerprint density at radius 3 is 2.52 bits per heavy atom. The molecule has 1 amide bonds. The van der Waals surface area contributed by atoms with Crippen molar-refractivity contribution in [3.05, 3.63) is 45.4 Å². The van der Waals surface area contributed by atoms with E-state index in [0.717, 1.165) is 17.5 Å². The summed E-state index contributed by atoms with van der Waals surface area (Å²) in [4.78, 5) is 31.9. The highest BCUT2D eigenvalue weighted by Gasteiger charge is 2.11. The number of carbonyl (C=O) groups is 2. The van der Waals surface area contributed by atoms with Crippen LogP contribution in [-0.2, 0) is 4.79 Å². The van der Waals surface area contributed by atoms with Gasteiger partial charge in [0.1, 0.15) is 0 Å². The molecular weight excluding hydrogens is 290 g/mol. The summed E-state index contributed by atoms with van der Waals surface area (Å²) in [7, 11) is 0. The number of anilines is 1. The zero-order valence-electron chi connectivity index (χ0n) is 11.5. The van der Waals surface area contributed by atoms with Crippen molar-refractivity contribution in [2.24, 2.45) is 0 Å². The number of carbonyl (C=O) groups excluding carboxylic acids is 1. The molecular formula is C14H13N3O3S. The summed E-state index contributed by atoms with van der Waals surface area (Å²) in [6.07, 6.45) is 2.47. The maximum atomic E-state index is 12.1. The lowest BCUT2D eigenvalue weighted by molar-refractivity contribution is -0.131. The SMILES string of the molecule is Cc1cc(C)nc(NC(=O)c2ccc(C=CC(=O)O)s2)n1. The molecule has 0 radical (unpaired) electrons. The number of carboxylic acid groups (broad SMARTS) is 1. The van der Waals surface area contributed by atoms with Crippen molar-refractivity contribution in [3.8, 4) is 0 Å². The fraction of sp³-hybridized carbons (Fsp3) is 0.143. The van der Waals surface area contributed by atoms with E-state index in [1.807, 2.05) is 19.9 Å². The molecule has 0 spiro atoms. The van der Waals surface area contributed by atoms with E-state index in [1.54, 1.807) is 12.1 Å². The van der Waals surface area contributed by atoms with Crippen molar-refractivity contribution < 1.29 is 14.7 Å². The molecule has 2 aromatic rings. The molecule has 0 unspecified atom stereocenters. The Morgan fingerprint density at radius 2 is 1.90 bits per heavy atom. The first-order chi connectivity index (χ1) is 9.94. The second-order valence-corrected chi connectivity index (χ2v) is 5.42. The number of aryl methyl sites for hydroxylation is 2. The third-order valence-corrected chi connectivity index (χ3v) is 3.50. The van der Waals surface area contributed by atoms with Crippen molar-refractivity contribution in [2.45, 2.75) is 13.8 Å². The number of nitrogens with one attached hydrogen (secondary N) is 1. The minimum atomic E-state index is -1.03. The third kappa shape index (κ3) is 4.22. The lowest BCUT2D eigenvalue weighted by Gasteiger charge is -2.03. The first-order valence-electron chi connectivity index (χ1n) is 6.08. The van der Waals surface area contributed by atoms with Crippen LogP contribution in [0.15, 0.2) is 24.3 Å². The molecule has 0 fully saturated rings. The lowest BCUT2D eigenvalue weighted by Crippen LogP contribution is -2.13. The highest BCUT2D eigenvalue weighted by molar-refractivity contribution is 7.15. The summed E-state index contributed by atoms with van der Waals surface area (Å²) in [5.74, 6) is -1.09. The largest absolute Gasteiger partial charge is 0.478 e. The molecule has 21 heavy (non-hydrogen) atoms. The molecule has 0 aliphatic heterocycles. The van der Waals surface area contributed by atoms with Crippen molar-refractivity contribution >= 4 is 35.2 Å². The molecule has 0 bridgehead atoms. The van der Waals surface area contributed by atoms with Crippen LogP contribution in [0.5, 0.6) is 0 Å². The highest BCUT2D eigenvalue weighted by atomic mass is 32.1. The Morgan fingerprint density at radius 1 is 1.24 bits per heavy atom. The second kappa shape index (κ2) is 6.27. The van der Waals surface area contributed by atoms with Crippen LogP contribution in [0.1, 0.15) is 25.9 Å². The van der Waals surface area contributed by atoms with Gasteiger partial charge in [0.15, 0.2) is 0 Å². The molecule has 2 aromatic heterocycles. The van der Waals surface area contributed by atoms with Crippen molar-refractivity contribution in [1.29, 1.82) is 0 Å². The van der Waals surface area contributed by atoms with Gasteiger partial charge in [0.2, 0.25) is 5.95 Å². The lowest BCUT2D eigenvalue weighted by atomic mass is 10.3. The highest BCUT2D eigenvalue weighted by Crippen LogP contribution is 2.19. The summed E-state index contributed by atoms with van der Waals surface area (Å²) < 4.78 is 0. The zero-order chi connectivity index (χ0) is 15.4. The first-order valence-corrected chi connectivity index (χ1v) is 6.90. The van der Waals surface area contributed by atoms with Crippen LogP contribution in [0.25, 0.3) is 6.08 Å². The number of rotatable bonds is 4. The number of nitrogens with zero attached hydrogens (tertiary/aromatic N) is 2. The Hall–Kier alpha value is -2.54. The number of aromatic nitrogens is 2. The van der Waals surface area contributed by atoms with Crippen LogP contribution in [0.2, 0.25) is 0 Å². The number of carboxylic acids is 1. The molecule has 0 aliphatic carbocycles. The van der Waals surface area contributed by atoms with Gasteiger partial charge in [-0.25, -0.2) is 14.8 Å². The summed E-state index contributed by atoms with van der Waals surface area (Å²) in [5, 5.41) is 11.2. The smallest absolute Gasteiger partial charge is 0.328 e. The normalized spacial score (nSPS) is 10.8. The molecule has 6 nitrogen and oxygen atoms in total. The Balaban J connectivity index is 2.11. The van der Waals surface area contributed by atoms with E-state index in [9.17, 15) is 9.59 Å². The van der Waals surface area contributed by atoms with Crippen LogP contribution in [0, 0.1) is 13.8 Å². The molecule has 2 rings (SSSR count). The van der Waals surface area contributed by atoms with Gasteiger partial charge in [-0.15, -0.1) is 11.3 Å². The van der Waals surface area contributed by atoms with E-state index in [0.29, 0.717) is 9.75 Å². The van der Waals surface area contributed by atoms with Crippen molar-refractivity contribution in [3.63, 3.8) is 0 Å². The molecule has 0 atom stereocenters. The summed E-state index contributed by atoms with van der Waals surface area (Å²) in [6.45, 7) is 3.65. The number of hydrogen-bond donors (Lipinski definition) is 2. The number of thiophene rings is 1. The second-order valence-electron chi connectivity index (χ2n) is 4.30. The minimum absolute atomic E-state index is 0.258. The van der Waals surface area contributed by atoms with Gasteiger partial charge in [-0.1, -0.05) is 0 Å². The fourth-order valence-electron chi connectivity index (χ4n) is 1.66. The fourth-order valence-corrected chi connectivity index (χ4v) is 2.47. The molecule has 108 valence electrons. The van der Waals surface area contributed by atoms with Crippen LogP contribution in [0.4, 0.5) is 5.95 Å². The topological polar surface area (TPSA) is 92.2 Å². The molecule has 0 saturated heterocycles. The van der Waals surface area contributed by atoms with E-state index >= 15 is 0 Å². The average Bonchev–Trinajstić information content (AvgIpc) is 2.83. The number of amides is 1. The predicted molar refractivity (Wildman–Crippen MR) is 80.4 cm³/mol. The summed E-state index contributed by atoms with van der Waals surface area (Å²) in [5.41, 5.74) is 1.54. The van der Waals surface area contributed by atoms with Crippen LogP contribution < -0.4 is 5.32 Å². The maximum Gasteiger partial charge on any atom is 0.328 e. The molecule has 2 heterocycles. The summed E-state index contributed by atoms with van der Waals surface area (Å²) in [6, 6.07) is 5.13. The van der Waals surface area contributed by atoms with E-state index in [1.165, 1.54) is 17.4 Å². The molecule has 0 aromatic carbocycles. The zero-order valence-corrected chi connectivity index (χ0v) is 12.3. The van der Waals surface area contributed by atoms with Crippen LogP contribution in [-0.4, -0.2) is 27.0 Å². The molecule has 0 aliphatic rings. The molecule has 2 N–H and O–H groups in total. The van der Waals surface area contributed by atoms with Crippen molar-refractivity contribution in [2.75, 3.05) is 5.32 Å². The minimum Gasteiger partial charge on any atom is -0.478 e. The number of hydrogen-bond acceptors (Lipinski definition) is 5. The van der Waals surface area contributed by atoms with Gasteiger partial charge in [0.05, 0.1) is 4.88 Å². The quantitative estimate of drug-likeness (QED) is 0.847. The van der Waals surface area contributed by atoms with E-state index in [-0.39, 0.29) is 11.9 Å². The van der Waals surface area contributed by atoms with Crippen LogP contribution in [0.3, 0.4) is 0 Å². The van der Waals surface area contributed by atoms with Gasteiger partial charge < -0.3 is 5.11 Å². The summed E-state index contributed by atoms with van der Waals surface area (Å²) >= 11 is 1.19. The van der Waals surface area contributed by atoms with Crippen LogP contribution >= 0.6 is 11.3 Å². The number of aliphatic carboxylic acids is 1. The van der Waals surface area contributed by atoms with Gasteiger partial charge in [-0.3, -0.25) is 10.1 Å². The Bertz CT molecular complexity index is 702. The molecule has 0 saturated carbocycles. The maximum absolute atomic E-state index is 12.1. The molecule has 7 heteroatoms. The van der Waals surface area contributed by atoms with Gasteiger partial charge in [-0.05, 0) is 38.1 Å². The van der Waals surface area contributed by atoms with Crippen molar-refractivity contribution in [1.82, 2.24) is 9.97 Å². The Labute approximate surface area is 125 Å². The van der Waals surface area contributed by atoms with E-state index in [4.69, 9.17) is 5.11 Å². The van der Waals surface area contributed by atoms with E-state index in [2.05, 4.69) is 15.3 Å². The standard InChI is InChI=1S/C14H13N3O3S/c1-8-7-9(2)16-14(15-8)17-13(20)11-5-3-10(21-11)4-6-12(18)19/h3-7H,1-2H3,(H,18,19)(H,15,16,17,20). The average molecular weight is 303 g/mol.